The second-order valence-corrected chi connectivity index (χ2v) is 31.6. The molecule has 4 aliphatic heterocycles. The molecule has 0 aliphatic carbocycles. The molecule has 0 amide bonds. The van der Waals surface area contributed by atoms with Crippen LogP contribution in [0.5, 0.6) is 0 Å². The molecule has 0 radical (unpaired) electrons. The maximum absolute atomic E-state index is 2.66. The van der Waals surface area contributed by atoms with Crippen molar-refractivity contribution in [2.45, 2.75) is 115 Å². The van der Waals surface area contributed by atoms with Gasteiger partial charge < -0.3 is 24.5 Å². The van der Waals surface area contributed by atoms with Gasteiger partial charge in [-0.05, 0) is 174 Å². The van der Waals surface area contributed by atoms with E-state index >= 15 is 0 Å². The minimum Gasteiger partial charge on any atom is -0.311 e. The van der Waals surface area contributed by atoms with Gasteiger partial charge in [-0.3, -0.25) is 0 Å². The van der Waals surface area contributed by atoms with Gasteiger partial charge in [0.15, 0.2) is 0 Å². The number of rotatable bonds is 9. The zero-order chi connectivity index (χ0) is 66.2. The van der Waals surface area contributed by atoms with Gasteiger partial charge >= 0.3 is 0 Å². The molecule has 0 saturated heterocycles. The Morgan fingerprint density at radius 3 is 0.958 bits per heavy atom. The lowest BCUT2D eigenvalue weighted by atomic mass is 9.31. The molecule has 0 spiro atoms. The highest BCUT2D eigenvalue weighted by Gasteiger charge is 2.48. The maximum Gasteiger partial charge on any atom is 0.252 e. The first-order valence-electron chi connectivity index (χ1n) is 34.2. The molecule has 0 fully saturated rings. The molecule has 16 rings (SSSR count). The first kappa shape index (κ1) is 61.0. The molecule has 0 bridgehead atoms. The molecule has 0 saturated carbocycles. The van der Waals surface area contributed by atoms with E-state index in [0.29, 0.717) is 0 Å². The van der Waals surface area contributed by atoms with E-state index in [4.69, 9.17) is 0 Å². The van der Waals surface area contributed by atoms with E-state index in [9.17, 15) is 0 Å². The predicted octanol–water partition coefficient (Wildman–Crippen LogP) is 20.7. The van der Waals surface area contributed by atoms with Crippen LogP contribution in [-0.2, 0) is 21.7 Å². The Hall–Kier alpha value is -9.88. The van der Waals surface area contributed by atoms with Gasteiger partial charge in [0, 0.05) is 89.4 Å². The van der Waals surface area contributed by atoms with Crippen molar-refractivity contribution < 1.29 is 0 Å². The van der Waals surface area contributed by atoms with Crippen LogP contribution in [0.3, 0.4) is 0 Å². The molecular weight excluding hydrogens is 1180 g/mol. The van der Waals surface area contributed by atoms with Crippen LogP contribution in [0.25, 0.3) is 0 Å². The van der Waals surface area contributed by atoms with Gasteiger partial charge in [-0.1, -0.05) is 270 Å². The normalized spacial score (nSPS) is 13.7. The number of nitrogens with zero attached hydrogens (tertiary/aromatic N) is 5. The fourth-order valence-electron chi connectivity index (χ4n) is 16.0. The van der Waals surface area contributed by atoms with Crippen LogP contribution in [0, 0.1) is 0 Å². The van der Waals surface area contributed by atoms with Gasteiger partial charge in [0.1, 0.15) is 0 Å². The second-order valence-electron chi connectivity index (χ2n) is 30.6. The summed E-state index contributed by atoms with van der Waals surface area (Å²) >= 11 is 1.94. The maximum atomic E-state index is 2.66. The van der Waals surface area contributed by atoms with E-state index in [2.05, 4.69) is 381 Å². The third-order valence-corrected chi connectivity index (χ3v) is 21.2. The van der Waals surface area contributed by atoms with Gasteiger partial charge in [0.25, 0.3) is 6.71 Å². The molecule has 96 heavy (non-hydrogen) atoms. The molecule has 4 aliphatic rings. The summed E-state index contributed by atoms with van der Waals surface area (Å²) in [5.74, 6) is 0. The fourth-order valence-corrected chi connectivity index (χ4v) is 17.2. The van der Waals surface area contributed by atoms with Crippen molar-refractivity contribution in [1.29, 1.82) is 0 Å². The van der Waals surface area contributed by atoms with Crippen molar-refractivity contribution in [1.82, 2.24) is 0 Å². The van der Waals surface area contributed by atoms with Gasteiger partial charge in [0.2, 0.25) is 6.71 Å². The minimum absolute atomic E-state index is 0.0914. The lowest BCUT2D eigenvalue weighted by molar-refractivity contribution is 0.586. The Balaban J connectivity index is 1.00. The highest BCUT2D eigenvalue weighted by molar-refractivity contribution is 8.00. The summed E-state index contributed by atoms with van der Waals surface area (Å²) in [6.45, 7) is 28.0. The van der Waals surface area contributed by atoms with Crippen molar-refractivity contribution in [2.75, 3.05) is 24.5 Å². The molecule has 12 aromatic rings. The van der Waals surface area contributed by atoms with Crippen LogP contribution >= 0.6 is 11.8 Å². The van der Waals surface area contributed by atoms with Crippen LogP contribution in [-0.4, -0.2) is 13.4 Å². The zero-order valence-corrected chi connectivity index (χ0v) is 58.1. The number of benzene rings is 12. The standard InChI is InChI=1S/C88H81B2N5S/c1-85(2,3)63-40-22-28-46-71(63)94(72-47-29-23-41-64(72)86(4,5)6)61-52-78-83-79(53-61)93(60-38-20-15-21-39-60)77-57-81-70(56-69(77)89(83)67-44-26-32-50-75(67)91(78)58-34-16-13-17-35-58)90-68-45-27-33-51-76(68)92(59-36-18-14-19-37-59)80-54-62(55-82(96-81)84(80)90)95(73-48-30-24-42-65(73)87(7,8)9)74-49-31-25-43-66(74)88(10,11)12/h13-57H,1-12H3. The topological polar surface area (TPSA) is 16.2 Å². The fraction of sp³-hybridized carbons (Fsp3) is 0.182. The molecule has 8 heteroatoms. The highest BCUT2D eigenvalue weighted by Crippen LogP contribution is 2.54. The van der Waals surface area contributed by atoms with E-state index in [0.717, 1.165) is 39.8 Å². The number of para-hydroxylation sites is 9. The van der Waals surface area contributed by atoms with Gasteiger partial charge in [-0.15, -0.1) is 0 Å². The van der Waals surface area contributed by atoms with Crippen molar-refractivity contribution in [3.05, 3.63) is 295 Å². The first-order valence-corrected chi connectivity index (χ1v) is 35.0. The summed E-state index contributed by atoms with van der Waals surface area (Å²) in [6, 6.07) is 104. The summed E-state index contributed by atoms with van der Waals surface area (Å²) in [5.41, 5.74) is 29.6. The Morgan fingerprint density at radius 1 is 0.260 bits per heavy atom. The van der Waals surface area contributed by atoms with E-state index in [-0.39, 0.29) is 35.1 Å². The van der Waals surface area contributed by atoms with Crippen LogP contribution in [0.4, 0.5) is 85.3 Å². The number of fused-ring (bicyclic) bond motifs is 8. The van der Waals surface area contributed by atoms with Crippen molar-refractivity contribution >= 4 is 143 Å². The van der Waals surface area contributed by atoms with Crippen LogP contribution in [0.2, 0.25) is 0 Å². The SMILES string of the molecule is CC(C)(C)c1ccccc1N(c1cc2c3c(c1)N(c1ccccc1)c1ccccc1B3c1cc3c(cc1S2)N(c1ccccc1)c1cc(N(c2ccccc2C(C)(C)C)c2ccccc2C(C)(C)C)cc2c1B3c1ccccc1N2c1ccccc1)c1ccccc1C(C)(C)C. The molecule has 470 valence electrons. The Kier molecular flexibility index (Phi) is 14.6. The van der Waals surface area contributed by atoms with E-state index in [1.807, 2.05) is 11.8 Å². The summed E-state index contributed by atoms with van der Waals surface area (Å²) < 4.78 is 0. The molecule has 12 aromatic carbocycles. The van der Waals surface area contributed by atoms with Gasteiger partial charge in [-0.25, -0.2) is 0 Å². The lowest BCUT2D eigenvalue weighted by Gasteiger charge is -2.46. The Morgan fingerprint density at radius 2 is 0.573 bits per heavy atom. The third kappa shape index (κ3) is 10.1. The number of anilines is 15. The average molecular weight is 1260 g/mol. The molecule has 5 nitrogen and oxygen atoms in total. The number of hydrogen-bond donors (Lipinski definition) is 0. The summed E-state index contributed by atoms with van der Waals surface area (Å²) in [6.07, 6.45) is 0. The van der Waals surface area contributed by atoms with Crippen molar-refractivity contribution in [3.63, 3.8) is 0 Å². The van der Waals surface area contributed by atoms with Gasteiger partial charge in [0.05, 0.1) is 5.69 Å². The quantitative estimate of drug-likeness (QED) is 0.133. The first-order chi connectivity index (χ1) is 46.2. The summed E-state index contributed by atoms with van der Waals surface area (Å²) in [5, 5.41) is 0. The van der Waals surface area contributed by atoms with E-state index in [1.54, 1.807) is 0 Å². The monoisotopic (exact) mass is 1260 g/mol. The molecule has 0 unspecified atom stereocenters. The molecule has 0 N–H and O–H groups in total. The lowest BCUT2D eigenvalue weighted by Crippen LogP contribution is -2.64. The summed E-state index contributed by atoms with van der Waals surface area (Å²) in [4.78, 5) is 15.4. The van der Waals surface area contributed by atoms with E-state index < -0.39 is 0 Å². The Bertz CT molecular complexity index is 4900. The molecular formula is C88H81B2N5S. The molecule has 4 heterocycles. The highest BCUT2D eigenvalue weighted by atomic mass is 32.2. The van der Waals surface area contributed by atoms with Crippen molar-refractivity contribution in [3.8, 4) is 0 Å². The minimum atomic E-state index is -0.176. The third-order valence-electron chi connectivity index (χ3n) is 20.1. The average Bonchev–Trinajstić information content (AvgIpc) is 0.691. The van der Waals surface area contributed by atoms with Gasteiger partial charge in [-0.2, -0.15) is 0 Å². The largest absolute Gasteiger partial charge is 0.311 e. The van der Waals surface area contributed by atoms with E-state index in [1.165, 1.54) is 110 Å². The number of hydrogen-bond acceptors (Lipinski definition) is 6. The molecule has 0 aromatic heterocycles. The van der Waals surface area contributed by atoms with Crippen molar-refractivity contribution in [2.24, 2.45) is 0 Å². The molecule has 0 atom stereocenters. The Labute approximate surface area is 573 Å². The van der Waals surface area contributed by atoms with Crippen LogP contribution < -0.4 is 57.3 Å². The van der Waals surface area contributed by atoms with Crippen LogP contribution in [0.1, 0.15) is 105 Å². The smallest absolute Gasteiger partial charge is 0.252 e. The van der Waals surface area contributed by atoms with Crippen LogP contribution in [0.15, 0.2) is 283 Å². The summed E-state index contributed by atoms with van der Waals surface area (Å²) in [7, 11) is 0. The second kappa shape index (κ2) is 22.9. The predicted molar refractivity (Wildman–Crippen MR) is 415 cm³/mol. The zero-order valence-electron chi connectivity index (χ0n) is 57.3.